The maximum absolute atomic E-state index is 12.0. The number of nitrogens with one attached hydrogen (secondary N) is 3. The second-order valence-electron chi connectivity index (χ2n) is 7.16. The second kappa shape index (κ2) is 10.1. The van der Waals surface area contributed by atoms with Gasteiger partial charge in [0.1, 0.15) is 0 Å². The first-order valence-corrected chi connectivity index (χ1v) is 9.49. The van der Waals surface area contributed by atoms with E-state index >= 15 is 0 Å². The standard InChI is InChI=1S/C20H31N3O2/c1-15(2)16-10-12-18(13-11-16)22-19(24)9-6-14-21-20(25)23-17-7-4-3-5-8-17/h10-13,15,17H,3-9,14H2,1-2H3,(H,22,24)(H2,21,23,25). The van der Waals surface area contributed by atoms with Gasteiger partial charge in [-0.2, -0.15) is 0 Å². The number of rotatable bonds is 7. The number of carbonyl (C=O) groups excluding carboxylic acids is 2. The molecule has 2 rings (SSSR count). The van der Waals surface area contributed by atoms with E-state index in [4.69, 9.17) is 0 Å². The average molecular weight is 345 g/mol. The molecule has 0 bridgehead atoms. The highest BCUT2D eigenvalue weighted by molar-refractivity contribution is 5.90. The first kappa shape index (κ1) is 19.3. The van der Waals surface area contributed by atoms with Crippen molar-refractivity contribution in [2.45, 2.75) is 70.8 Å². The van der Waals surface area contributed by atoms with Crippen LogP contribution >= 0.6 is 0 Å². The topological polar surface area (TPSA) is 70.2 Å². The van der Waals surface area contributed by atoms with E-state index in [2.05, 4.69) is 29.8 Å². The molecule has 3 N–H and O–H groups in total. The van der Waals surface area contributed by atoms with Gasteiger partial charge in [0.15, 0.2) is 0 Å². The number of hydrogen-bond donors (Lipinski definition) is 3. The van der Waals surface area contributed by atoms with Crippen molar-refractivity contribution in [3.8, 4) is 0 Å². The fourth-order valence-corrected chi connectivity index (χ4v) is 3.11. The predicted molar refractivity (Wildman–Crippen MR) is 102 cm³/mol. The summed E-state index contributed by atoms with van der Waals surface area (Å²) < 4.78 is 0. The van der Waals surface area contributed by atoms with Crippen molar-refractivity contribution in [2.75, 3.05) is 11.9 Å². The number of amides is 3. The first-order valence-electron chi connectivity index (χ1n) is 9.49. The maximum atomic E-state index is 12.0. The van der Waals surface area contributed by atoms with Gasteiger partial charge in [0.05, 0.1) is 0 Å². The van der Waals surface area contributed by atoms with Crippen molar-refractivity contribution < 1.29 is 9.59 Å². The van der Waals surface area contributed by atoms with E-state index in [1.807, 2.05) is 24.3 Å². The van der Waals surface area contributed by atoms with Gasteiger partial charge in [-0.15, -0.1) is 0 Å². The molecule has 0 spiro atoms. The Labute approximate surface area is 151 Å². The summed E-state index contributed by atoms with van der Waals surface area (Å²) >= 11 is 0. The summed E-state index contributed by atoms with van der Waals surface area (Å²) in [5.74, 6) is 0.461. The van der Waals surface area contributed by atoms with Crippen molar-refractivity contribution >= 4 is 17.6 Å². The third kappa shape index (κ3) is 7.16. The van der Waals surface area contributed by atoms with E-state index in [1.54, 1.807) is 0 Å². The van der Waals surface area contributed by atoms with Crippen LogP contribution in [-0.2, 0) is 4.79 Å². The average Bonchev–Trinajstić information content (AvgIpc) is 2.60. The minimum atomic E-state index is -0.114. The Kier molecular flexibility index (Phi) is 7.76. The molecular formula is C20H31N3O2. The Balaban J connectivity index is 1.59. The van der Waals surface area contributed by atoms with Crippen molar-refractivity contribution in [1.29, 1.82) is 0 Å². The molecule has 138 valence electrons. The van der Waals surface area contributed by atoms with Crippen LogP contribution in [0, 0.1) is 0 Å². The van der Waals surface area contributed by atoms with Crippen molar-refractivity contribution in [1.82, 2.24) is 10.6 Å². The second-order valence-corrected chi connectivity index (χ2v) is 7.16. The van der Waals surface area contributed by atoms with Gasteiger partial charge in [-0.25, -0.2) is 4.79 Å². The van der Waals surface area contributed by atoms with Crippen LogP contribution in [0.3, 0.4) is 0 Å². The molecule has 1 fully saturated rings. The summed E-state index contributed by atoms with van der Waals surface area (Å²) in [6.07, 6.45) is 6.85. The van der Waals surface area contributed by atoms with Crippen molar-refractivity contribution in [3.05, 3.63) is 29.8 Å². The van der Waals surface area contributed by atoms with Gasteiger partial charge >= 0.3 is 6.03 Å². The summed E-state index contributed by atoms with van der Waals surface area (Å²) in [5.41, 5.74) is 2.07. The molecule has 0 aliphatic heterocycles. The normalized spacial score (nSPS) is 15.0. The van der Waals surface area contributed by atoms with E-state index in [0.717, 1.165) is 18.5 Å². The highest BCUT2D eigenvalue weighted by atomic mass is 16.2. The smallest absolute Gasteiger partial charge is 0.315 e. The maximum Gasteiger partial charge on any atom is 0.315 e. The van der Waals surface area contributed by atoms with Crippen LogP contribution in [0.2, 0.25) is 0 Å². The van der Waals surface area contributed by atoms with Crippen LogP contribution in [-0.4, -0.2) is 24.5 Å². The molecule has 1 aromatic rings. The van der Waals surface area contributed by atoms with E-state index in [-0.39, 0.29) is 11.9 Å². The molecule has 0 saturated heterocycles. The summed E-state index contributed by atoms with van der Waals surface area (Å²) in [6, 6.07) is 8.14. The third-order valence-corrected chi connectivity index (χ3v) is 4.67. The Morgan fingerprint density at radius 3 is 2.40 bits per heavy atom. The van der Waals surface area contributed by atoms with Crippen molar-refractivity contribution in [2.24, 2.45) is 0 Å². The minimum Gasteiger partial charge on any atom is -0.338 e. The molecule has 25 heavy (non-hydrogen) atoms. The minimum absolute atomic E-state index is 0.0215. The molecule has 0 atom stereocenters. The Morgan fingerprint density at radius 2 is 1.76 bits per heavy atom. The van der Waals surface area contributed by atoms with Gasteiger partial charge in [-0.05, 0) is 42.9 Å². The molecule has 0 aromatic heterocycles. The molecule has 1 aliphatic carbocycles. The fraction of sp³-hybridized carbons (Fsp3) is 0.600. The number of anilines is 1. The molecule has 0 unspecified atom stereocenters. The van der Waals surface area contributed by atoms with Crippen LogP contribution in [0.15, 0.2) is 24.3 Å². The highest BCUT2D eigenvalue weighted by Crippen LogP contribution is 2.18. The summed E-state index contributed by atoms with van der Waals surface area (Å²) in [7, 11) is 0. The van der Waals surface area contributed by atoms with Crippen LogP contribution in [0.1, 0.15) is 70.3 Å². The Hall–Kier alpha value is -2.04. The highest BCUT2D eigenvalue weighted by Gasteiger charge is 2.15. The molecule has 5 heteroatoms. The van der Waals surface area contributed by atoms with Crippen LogP contribution in [0.4, 0.5) is 10.5 Å². The van der Waals surface area contributed by atoms with Gasteiger partial charge < -0.3 is 16.0 Å². The number of hydrogen-bond acceptors (Lipinski definition) is 2. The van der Waals surface area contributed by atoms with Crippen molar-refractivity contribution in [3.63, 3.8) is 0 Å². The zero-order valence-electron chi connectivity index (χ0n) is 15.4. The van der Waals surface area contributed by atoms with Crippen LogP contribution in [0.5, 0.6) is 0 Å². The van der Waals surface area contributed by atoms with E-state index in [9.17, 15) is 9.59 Å². The molecule has 3 amide bonds. The lowest BCUT2D eigenvalue weighted by molar-refractivity contribution is -0.116. The van der Waals surface area contributed by atoms with E-state index < -0.39 is 0 Å². The molecule has 0 radical (unpaired) electrons. The SMILES string of the molecule is CC(C)c1ccc(NC(=O)CCCNC(=O)NC2CCCCC2)cc1. The lowest BCUT2D eigenvalue weighted by atomic mass is 9.96. The lowest BCUT2D eigenvalue weighted by Gasteiger charge is -2.22. The largest absolute Gasteiger partial charge is 0.338 e. The zero-order valence-corrected chi connectivity index (χ0v) is 15.4. The van der Waals surface area contributed by atoms with Gasteiger partial charge in [0, 0.05) is 24.7 Å². The van der Waals surface area contributed by atoms with Gasteiger partial charge in [0.2, 0.25) is 5.91 Å². The molecule has 1 aliphatic rings. The quantitative estimate of drug-likeness (QED) is 0.649. The fourth-order valence-electron chi connectivity index (χ4n) is 3.11. The van der Waals surface area contributed by atoms with E-state index in [1.165, 1.54) is 24.8 Å². The molecule has 0 heterocycles. The van der Waals surface area contributed by atoms with Gasteiger partial charge in [-0.1, -0.05) is 45.2 Å². The first-order chi connectivity index (χ1) is 12.0. The molecule has 1 saturated carbocycles. The van der Waals surface area contributed by atoms with Gasteiger partial charge in [0.25, 0.3) is 0 Å². The summed E-state index contributed by atoms with van der Waals surface area (Å²) in [4.78, 5) is 23.8. The molecule has 5 nitrogen and oxygen atoms in total. The van der Waals surface area contributed by atoms with Crippen LogP contribution in [0.25, 0.3) is 0 Å². The monoisotopic (exact) mass is 345 g/mol. The predicted octanol–water partition coefficient (Wildman–Crippen LogP) is 4.16. The van der Waals surface area contributed by atoms with Crippen LogP contribution < -0.4 is 16.0 Å². The number of benzene rings is 1. The zero-order chi connectivity index (χ0) is 18.1. The summed E-state index contributed by atoms with van der Waals surface area (Å²) in [5, 5.41) is 8.74. The molecule has 1 aromatic carbocycles. The lowest BCUT2D eigenvalue weighted by Crippen LogP contribution is -2.43. The van der Waals surface area contributed by atoms with E-state index in [0.29, 0.717) is 31.3 Å². The van der Waals surface area contributed by atoms with Gasteiger partial charge in [-0.3, -0.25) is 4.79 Å². The Morgan fingerprint density at radius 1 is 1.08 bits per heavy atom. The summed E-state index contributed by atoms with van der Waals surface area (Å²) in [6.45, 7) is 4.80. The Bertz CT molecular complexity index is 549. The number of carbonyl (C=O) groups is 2. The third-order valence-electron chi connectivity index (χ3n) is 4.67. The number of urea groups is 1. The molecular weight excluding hydrogens is 314 g/mol.